The molecule has 1 atom stereocenters. The predicted molar refractivity (Wildman–Crippen MR) is 118 cm³/mol. The maximum atomic E-state index is 11.6. The molecule has 0 spiro atoms. The molecule has 5 nitrogen and oxygen atoms in total. The smallest absolute Gasteiger partial charge is 0.305 e. The number of esters is 2. The van der Waals surface area contributed by atoms with Crippen LogP contribution < -0.4 is 0 Å². The van der Waals surface area contributed by atoms with Crippen LogP contribution in [-0.2, 0) is 19.1 Å². The van der Waals surface area contributed by atoms with E-state index in [2.05, 4.69) is 11.7 Å². The molecule has 0 aromatic carbocycles. The topological polar surface area (TPSA) is 72.8 Å². The molecule has 0 aromatic heterocycles. The van der Waals surface area contributed by atoms with Crippen molar-refractivity contribution in [2.45, 2.75) is 129 Å². The van der Waals surface area contributed by atoms with Gasteiger partial charge < -0.3 is 14.6 Å². The zero-order valence-corrected chi connectivity index (χ0v) is 19.1. The summed E-state index contributed by atoms with van der Waals surface area (Å²) in [5.41, 5.74) is 0. The van der Waals surface area contributed by atoms with Gasteiger partial charge in [0.25, 0.3) is 0 Å². The first-order chi connectivity index (χ1) is 14.1. The molecule has 0 bridgehead atoms. The van der Waals surface area contributed by atoms with Crippen molar-refractivity contribution in [3.05, 3.63) is 0 Å². The van der Waals surface area contributed by atoms with Gasteiger partial charge in [0.05, 0.1) is 0 Å². The molecule has 1 N–H and O–H groups in total. The number of rotatable bonds is 21. The van der Waals surface area contributed by atoms with E-state index in [1.54, 1.807) is 0 Å². The summed E-state index contributed by atoms with van der Waals surface area (Å²) in [6.07, 6.45) is 20.3. The average Bonchev–Trinajstić information content (AvgIpc) is 2.70. The average molecular weight is 415 g/mol. The van der Waals surface area contributed by atoms with E-state index in [1.807, 2.05) is 0 Å². The second-order valence-corrected chi connectivity index (χ2v) is 8.19. The standard InChI is InChI=1S/C24H46O5/c1-3-4-5-6-7-8-9-10-11-12-13-14-15-16-17-18-19-24(27)29-21-23(26)20-28-22(2)25/h23,26H,3-21H2,1-2H3. The summed E-state index contributed by atoms with van der Waals surface area (Å²) >= 11 is 0. The van der Waals surface area contributed by atoms with E-state index in [4.69, 9.17) is 4.74 Å². The Bertz CT molecular complexity index is 383. The molecule has 0 aliphatic heterocycles. The van der Waals surface area contributed by atoms with E-state index in [9.17, 15) is 14.7 Å². The minimum absolute atomic E-state index is 0.120. The van der Waals surface area contributed by atoms with Crippen LogP contribution in [0.3, 0.4) is 0 Å². The number of carbonyl (C=O) groups is 2. The van der Waals surface area contributed by atoms with Gasteiger partial charge in [-0.05, 0) is 6.42 Å². The van der Waals surface area contributed by atoms with E-state index >= 15 is 0 Å². The zero-order chi connectivity index (χ0) is 21.6. The van der Waals surface area contributed by atoms with Gasteiger partial charge in [-0.1, -0.05) is 103 Å². The van der Waals surface area contributed by atoms with E-state index in [0.29, 0.717) is 6.42 Å². The molecular weight excluding hydrogens is 368 g/mol. The summed E-state index contributed by atoms with van der Waals surface area (Å²) in [5.74, 6) is -0.749. The quantitative estimate of drug-likeness (QED) is 0.181. The van der Waals surface area contributed by atoms with Crippen molar-refractivity contribution in [1.82, 2.24) is 0 Å². The van der Waals surface area contributed by atoms with Gasteiger partial charge in [0, 0.05) is 13.3 Å². The van der Waals surface area contributed by atoms with Crippen LogP contribution in [0.25, 0.3) is 0 Å². The van der Waals surface area contributed by atoms with Crippen molar-refractivity contribution in [3.8, 4) is 0 Å². The van der Waals surface area contributed by atoms with Gasteiger partial charge in [0.1, 0.15) is 19.3 Å². The highest BCUT2D eigenvalue weighted by Gasteiger charge is 2.10. The highest BCUT2D eigenvalue weighted by Crippen LogP contribution is 2.14. The van der Waals surface area contributed by atoms with Crippen LogP contribution in [0.4, 0.5) is 0 Å². The molecule has 0 heterocycles. The van der Waals surface area contributed by atoms with Crippen molar-refractivity contribution in [3.63, 3.8) is 0 Å². The molecule has 1 unspecified atom stereocenters. The fourth-order valence-electron chi connectivity index (χ4n) is 3.34. The van der Waals surface area contributed by atoms with E-state index in [0.717, 1.165) is 12.8 Å². The predicted octanol–water partition coefficient (Wildman–Crippen LogP) is 6.11. The normalized spacial score (nSPS) is 12.0. The van der Waals surface area contributed by atoms with Crippen molar-refractivity contribution >= 4 is 11.9 Å². The Morgan fingerprint density at radius 1 is 0.655 bits per heavy atom. The Hall–Kier alpha value is -1.10. The Balaban J connectivity index is 3.23. The molecule has 0 fully saturated rings. The van der Waals surface area contributed by atoms with Crippen LogP contribution >= 0.6 is 0 Å². The first-order valence-corrected chi connectivity index (χ1v) is 12.0. The second kappa shape index (κ2) is 21.6. The number of unbranched alkanes of at least 4 members (excludes halogenated alkanes) is 15. The van der Waals surface area contributed by atoms with Crippen molar-refractivity contribution in [1.29, 1.82) is 0 Å². The lowest BCUT2D eigenvalue weighted by molar-refractivity contribution is -0.151. The van der Waals surface area contributed by atoms with Gasteiger partial charge in [-0.3, -0.25) is 9.59 Å². The molecule has 29 heavy (non-hydrogen) atoms. The Kier molecular flexibility index (Phi) is 20.8. The number of hydrogen-bond acceptors (Lipinski definition) is 5. The first kappa shape index (κ1) is 27.9. The van der Waals surface area contributed by atoms with Crippen LogP contribution in [0.15, 0.2) is 0 Å². The minimum atomic E-state index is -0.950. The molecule has 0 amide bonds. The van der Waals surface area contributed by atoms with E-state index in [1.165, 1.54) is 96.8 Å². The summed E-state index contributed by atoms with van der Waals surface area (Å²) < 4.78 is 9.63. The first-order valence-electron chi connectivity index (χ1n) is 12.0. The third kappa shape index (κ3) is 23.0. The molecule has 0 saturated heterocycles. The SMILES string of the molecule is CCCCCCCCCCCCCCCCCCC(=O)OCC(O)COC(C)=O. The molecule has 0 aliphatic carbocycles. The molecular formula is C24H46O5. The van der Waals surface area contributed by atoms with Crippen LogP contribution in [0, 0.1) is 0 Å². The summed E-state index contributed by atoms with van der Waals surface area (Å²) in [6, 6.07) is 0. The van der Waals surface area contributed by atoms with Gasteiger partial charge >= 0.3 is 11.9 Å². The molecule has 5 heteroatoms. The zero-order valence-electron chi connectivity index (χ0n) is 19.1. The molecule has 0 aliphatic rings. The lowest BCUT2D eigenvalue weighted by Gasteiger charge is -2.11. The number of hydrogen-bond donors (Lipinski definition) is 1. The van der Waals surface area contributed by atoms with E-state index < -0.39 is 12.1 Å². The van der Waals surface area contributed by atoms with Crippen LogP contribution in [0.1, 0.15) is 123 Å². The second-order valence-electron chi connectivity index (χ2n) is 8.19. The maximum absolute atomic E-state index is 11.6. The van der Waals surface area contributed by atoms with Gasteiger partial charge in [-0.2, -0.15) is 0 Å². The maximum Gasteiger partial charge on any atom is 0.305 e. The highest BCUT2D eigenvalue weighted by atomic mass is 16.6. The third-order valence-electron chi connectivity index (χ3n) is 5.15. The summed E-state index contributed by atoms with van der Waals surface area (Å²) in [5, 5.41) is 9.50. The minimum Gasteiger partial charge on any atom is -0.463 e. The summed E-state index contributed by atoms with van der Waals surface area (Å²) in [4.78, 5) is 22.2. The monoisotopic (exact) mass is 414 g/mol. The fraction of sp³-hybridized carbons (Fsp3) is 0.917. The molecule has 0 aromatic rings. The largest absolute Gasteiger partial charge is 0.463 e. The number of carbonyl (C=O) groups excluding carboxylic acids is 2. The van der Waals surface area contributed by atoms with Crippen LogP contribution in [0.2, 0.25) is 0 Å². The number of ether oxygens (including phenoxy) is 2. The number of aliphatic hydroxyl groups excluding tert-OH is 1. The lowest BCUT2D eigenvalue weighted by Crippen LogP contribution is -2.24. The molecule has 0 rings (SSSR count). The highest BCUT2D eigenvalue weighted by molar-refractivity contribution is 5.69. The van der Waals surface area contributed by atoms with E-state index in [-0.39, 0.29) is 19.2 Å². The van der Waals surface area contributed by atoms with Gasteiger partial charge in [-0.25, -0.2) is 0 Å². The lowest BCUT2D eigenvalue weighted by atomic mass is 10.0. The van der Waals surface area contributed by atoms with Gasteiger partial charge in [0.2, 0.25) is 0 Å². The molecule has 172 valence electrons. The van der Waals surface area contributed by atoms with Crippen molar-refractivity contribution < 1.29 is 24.2 Å². The van der Waals surface area contributed by atoms with Gasteiger partial charge in [-0.15, -0.1) is 0 Å². The molecule has 0 saturated carbocycles. The van der Waals surface area contributed by atoms with Crippen molar-refractivity contribution in [2.24, 2.45) is 0 Å². The fourth-order valence-corrected chi connectivity index (χ4v) is 3.34. The Labute approximate surface area is 178 Å². The van der Waals surface area contributed by atoms with Crippen LogP contribution in [-0.4, -0.2) is 36.4 Å². The summed E-state index contributed by atoms with van der Waals surface area (Å²) in [7, 11) is 0. The summed E-state index contributed by atoms with van der Waals surface area (Å²) in [6.45, 7) is 3.28. The molecule has 0 radical (unpaired) electrons. The van der Waals surface area contributed by atoms with Gasteiger partial charge in [0.15, 0.2) is 0 Å². The Morgan fingerprint density at radius 3 is 1.45 bits per heavy atom. The third-order valence-corrected chi connectivity index (χ3v) is 5.15. The Morgan fingerprint density at radius 2 is 1.03 bits per heavy atom. The van der Waals surface area contributed by atoms with Crippen molar-refractivity contribution in [2.75, 3.05) is 13.2 Å². The van der Waals surface area contributed by atoms with Crippen LogP contribution in [0.5, 0.6) is 0 Å². The number of aliphatic hydroxyl groups is 1.